The van der Waals surface area contributed by atoms with Crippen LogP contribution in [0.15, 0.2) is 41.6 Å². The number of carbonyl (C=O) groups is 1. The third-order valence-corrected chi connectivity index (χ3v) is 6.11. The van der Waals surface area contributed by atoms with Crippen LogP contribution in [0.4, 0.5) is 5.69 Å². The summed E-state index contributed by atoms with van der Waals surface area (Å²) in [7, 11) is 4.78. The highest BCUT2D eigenvalue weighted by Gasteiger charge is 2.43. The van der Waals surface area contributed by atoms with Crippen LogP contribution >= 0.6 is 11.6 Å². The maximum atomic E-state index is 13.4. The van der Waals surface area contributed by atoms with E-state index in [4.69, 9.17) is 25.8 Å². The van der Waals surface area contributed by atoms with Gasteiger partial charge in [-0.2, -0.15) is 0 Å². The van der Waals surface area contributed by atoms with E-state index >= 15 is 0 Å². The van der Waals surface area contributed by atoms with Crippen LogP contribution in [0.1, 0.15) is 43.7 Å². The summed E-state index contributed by atoms with van der Waals surface area (Å²) in [5.74, 6) is 1.50. The first-order valence-corrected chi connectivity index (χ1v) is 10.3. The van der Waals surface area contributed by atoms with E-state index < -0.39 is 0 Å². The van der Waals surface area contributed by atoms with Gasteiger partial charge in [-0.1, -0.05) is 37.6 Å². The summed E-state index contributed by atoms with van der Waals surface area (Å²) in [6.07, 6.45) is 1.29. The molecule has 1 aliphatic carbocycles. The van der Waals surface area contributed by atoms with Crippen molar-refractivity contribution in [2.75, 3.05) is 26.6 Å². The number of benzene rings is 2. The molecule has 30 heavy (non-hydrogen) atoms. The summed E-state index contributed by atoms with van der Waals surface area (Å²) in [5.41, 5.74) is 4.34. The lowest BCUT2D eigenvalue weighted by Gasteiger charge is -2.40. The van der Waals surface area contributed by atoms with Crippen molar-refractivity contribution in [2.45, 2.75) is 32.6 Å². The van der Waals surface area contributed by atoms with Gasteiger partial charge in [0.2, 0.25) is 5.75 Å². The molecule has 158 valence electrons. The number of Topliss-reactive ketones (excluding diaryl/α,β-unsaturated/α-hetero) is 1. The maximum absolute atomic E-state index is 13.4. The number of ketones is 1. The second-order valence-electron chi connectivity index (χ2n) is 8.55. The fourth-order valence-electron chi connectivity index (χ4n) is 4.65. The van der Waals surface area contributed by atoms with Crippen molar-refractivity contribution in [2.24, 2.45) is 5.41 Å². The van der Waals surface area contributed by atoms with Gasteiger partial charge in [-0.15, -0.1) is 0 Å². The monoisotopic (exact) mass is 427 g/mol. The van der Waals surface area contributed by atoms with E-state index in [1.165, 1.54) is 0 Å². The van der Waals surface area contributed by atoms with Crippen LogP contribution in [0.2, 0.25) is 5.02 Å². The van der Waals surface area contributed by atoms with Crippen LogP contribution < -0.4 is 19.5 Å². The number of anilines is 1. The molecule has 1 unspecified atom stereocenters. The zero-order valence-electron chi connectivity index (χ0n) is 17.9. The van der Waals surface area contributed by atoms with E-state index in [0.717, 1.165) is 34.5 Å². The van der Waals surface area contributed by atoms with E-state index in [2.05, 4.69) is 19.2 Å². The van der Waals surface area contributed by atoms with Crippen molar-refractivity contribution in [1.29, 1.82) is 0 Å². The molecule has 0 saturated heterocycles. The van der Waals surface area contributed by atoms with Gasteiger partial charge in [-0.05, 0) is 29.5 Å². The molecule has 2 aromatic rings. The number of fused-ring (bicyclic) bond motifs is 1. The standard InChI is InChI=1S/C24H26ClNO4/c1-24(2)11-16-20(17(27)12-24)19(13-6-8-14(25)9-7-13)21-15(26-16)10-18(28-3)22(29-4)23(21)30-5/h6-10,19,26H,11-12H2,1-5H3. The molecular weight excluding hydrogens is 402 g/mol. The summed E-state index contributed by atoms with van der Waals surface area (Å²) < 4.78 is 17.0. The zero-order chi connectivity index (χ0) is 21.6. The van der Waals surface area contributed by atoms with Crippen molar-refractivity contribution in [3.8, 4) is 17.2 Å². The SMILES string of the molecule is COc1cc2c(c(OC)c1OC)C(c1ccc(Cl)cc1)C1=C(CC(C)(C)CC1=O)N2. The van der Waals surface area contributed by atoms with Crippen LogP contribution in [0.25, 0.3) is 0 Å². The lowest BCUT2D eigenvalue weighted by molar-refractivity contribution is -0.118. The molecule has 5 nitrogen and oxygen atoms in total. The Morgan fingerprint density at radius 1 is 1.00 bits per heavy atom. The number of ether oxygens (including phenoxy) is 3. The van der Waals surface area contributed by atoms with E-state index in [9.17, 15) is 4.79 Å². The summed E-state index contributed by atoms with van der Waals surface area (Å²) in [6.45, 7) is 4.25. The molecule has 2 aliphatic rings. The fourth-order valence-corrected chi connectivity index (χ4v) is 4.77. The van der Waals surface area contributed by atoms with Gasteiger partial charge in [0.1, 0.15) is 0 Å². The molecule has 1 heterocycles. The average molecular weight is 428 g/mol. The van der Waals surface area contributed by atoms with Crippen LogP contribution in [0.5, 0.6) is 17.2 Å². The summed E-state index contributed by atoms with van der Waals surface area (Å²) in [5, 5.41) is 4.16. The molecule has 6 heteroatoms. The smallest absolute Gasteiger partial charge is 0.203 e. The Kier molecular flexibility index (Phi) is 5.18. The lowest BCUT2D eigenvalue weighted by atomic mass is 9.68. The van der Waals surface area contributed by atoms with Gasteiger partial charge in [0, 0.05) is 40.3 Å². The quantitative estimate of drug-likeness (QED) is 0.691. The molecule has 0 saturated carbocycles. The van der Waals surface area contributed by atoms with E-state index in [0.29, 0.717) is 28.7 Å². The highest BCUT2D eigenvalue weighted by atomic mass is 35.5. The number of hydrogen-bond acceptors (Lipinski definition) is 5. The molecule has 0 radical (unpaired) electrons. The van der Waals surface area contributed by atoms with Crippen LogP contribution in [-0.2, 0) is 4.79 Å². The molecule has 0 fully saturated rings. The average Bonchev–Trinajstić information content (AvgIpc) is 2.70. The minimum absolute atomic E-state index is 0.106. The van der Waals surface area contributed by atoms with Gasteiger partial charge in [0.15, 0.2) is 17.3 Å². The van der Waals surface area contributed by atoms with Crippen molar-refractivity contribution in [1.82, 2.24) is 0 Å². The summed E-state index contributed by atoms with van der Waals surface area (Å²) in [4.78, 5) is 13.4. The third-order valence-electron chi connectivity index (χ3n) is 5.85. The van der Waals surface area contributed by atoms with Gasteiger partial charge >= 0.3 is 0 Å². The highest BCUT2D eigenvalue weighted by molar-refractivity contribution is 6.30. The number of hydrogen-bond donors (Lipinski definition) is 1. The number of rotatable bonds is 4. The van der Waals surface area contributed by atoms with Gasteiger partial charge in [0.25, 0.3) is 0 Å². The van der Waals surface area contributed by atoms with E-state index in [1.807, 2.05) is 30.3 Å². The molecule has 1 aliphatic heterocycles. The molecule has 2 aromatic carbocycles. The second-order valence-corrected chi connectivity index (χ2v) is 8.99. The number of methoxy groups -OCH3 is 3. The Bertz CT molecular complexity index is 1040. The van der Waals surface area contributed by atoms with Gasteiger partial charge < -0.3 is 19.5 Å². The molecule has 1 N–H and O–H groups in total. The van der Waals surface area contributed by atoms with E-state index in [1.54, 1.807) is 21.3 Å². The van der Waals surface area contributed by atoms with Crippen molar-refractivity contribution < 1.29 is 19.0 Å². The molecule has 0 bridgehead atoms. The number of carbonyl (C=O) groups excluding carboxylic acids is 1. The topological polar surface area (TPSA) is 56.8 Å². The predicted molar refractivity (Wildman–Crippen MR) is 118 cm³/mol. The molecule has 4 rings (SSSR count). The summed E-state index contributed by atoms with van der Waals surface area (Å²) >= 11 is 6.15. The largest absolute Gasteiger partial charge is 0.493 e. The maximum Gasteiger partial charge on any atom is 0.203 e. The Morgan fingerprint density at radius 3 is 2.27 bits per heavy atom. The van der Waals surface area contributed by atoms with Crippen molar-refractivity contribution in [3.05, 3.63) is 57.8 Å². The Morgan fingerprint density at radius 2 is 1.67 bits per heavy atom. The normalized spacial score (nSPS) is 19.5. The molecule has 0 spiro atoms. The molecule has 1 atom stereocenters. The van der Waals surface area contributed by atoms with Crippen LogP contribution in [0, 0.1) is 5.41 Å². The Balaban J connectivity index is 2.03. The lowest BCUT2D eigenvalue weighted by Crippen LogP contribution is -2.34. The van der Waals surface area contributed by atoms with Gasteiger partial charge in [-0.3, -0.25) is 4.79 Å². The first kappa shape index (κ1) is 20.6. The van der Waals surface area contributed by atoms with Gasteiger partial charge in [-0.25, -0.2) is 0 Å². The second kappa shape index (κ2) is 7.55. The summed E-state index contributed by atoms with van der Waals surface area (Å²) in [6, 6.07) is 9.55. The molecule has 0 aromatic heterocycles. The zero-order valence-corrected chi connectivity index (χ0v) is 18.6. The fraction of sp³-hybridized carbons (Fsp3) is 0.375. The minimum atomic E-state index is -0.285. The van der Waals surface area contributed by atoms with E-state index in [-0.39, 0.29) is 17.1 Å². The number of allylic oxidation sites excluding steroid dienone is 2. The Hall–Kier alpha value is -2.66. The van der Waals surface area contributed by atoms with Crippen LogP contribution in [0.3, 0.4) is 0 Å². The van der Waals surface area contributed by atoms with Gasteiger partial charge in [0.05, 0.1) is 27.0 Å². The van der Waals surface area contributed by atoms with Crippen molar-refractivity contribution in [3.63, 3.8) is 0 Å². The van der Waals surface area contributed by atoms with Crippen LogP contribution in [-0.4, -0.2) is 27.1 Å². The number of nitrogens with one attached hydrogen (secondary N) is 1. The molecule has 0 amide bonds. The van der Waals surface area contributed by atoms with Crippen molar-refractivity contribution >= 4 is 23.1 Å². The predicted octanol–water partition coefficient (Wildman–Crippen LogP) is 5.57. The highest BCUT2D eigenvalue weighted by Crippen LogP contribution is 2.55. The third kappa shape index (κ3) is 3.31. The number of halogens is 1. The first-order valence-electron chi connectivity index (χ1n) is 9.91. The molecular formula is C24H26ClNO4. The first-order chi connectivity index (χ1) is 14.3. The minimum Gasteiger partial charge on any atom is -0.493 e. The Labute approximate surface area is 182 Å².